The predicted molar refractivity (Wildman–Crippen MR) is 115 cm³/mol. The van der Waals surface area contributed by atoms with E-state index in [0.717, 1.165) is 29.0 Å². The Labute approximate surface area is 174 Å². The van der Waals surface area contributed by atoms with Gasteiger partial charge in [0, 0.05) is 27.8 Å². The van der Waals surface area contributed by atoms with Crippen LogP contribution in [0.3, 0.4) is 0 Å². The van der Waals surface area contributed by atoms with Crippen LogP contribution in [0.4, 0.5) is 5.69 Å². The van der Waals surface area contributed by atoms with Crippen molar-refractivity contribution < 1.29 is 9.59 Å². The third kappa shape index (κ3) is 4.87. The molecule has 1 aliphatic rings. The summed E-state index contributed by atoms with van der Waals surface area (Å²) < 4.78 is 0. The summed E-state index contributed by atoms with van der Waals surface area (Å²) in [5.74, 6) is 0.226. The molecule has 2 amide bonds. The van der Waals surface area contributed by atoms with Crippen molar-refractivity contribution in [3.8, 4) is 0 Å². The van der Waals surface area contributed by atoms with Gasteiger partial charge in [0.1, 0.15) is 0 Å². The first-order valence-corrected chi connectivity index (χ1v) is 10.7. The molecular formula is C21H24ClN3O2S. The first kappa shape index (κ1) is 20.7. The maximum absolute atomic E-state index is 12.9. The average Bonchev–Trinajstić information content (AvgIpc) is 2.81. The number of unbranched alkanes of at least 4 members (excludes halogenated alkanes) is 1. The Morgan fingerprint density at radius 1 is 1.29 bits per heavy atom. The lowest BCUT2D eigenvalue weighted by Crippen LogP contribution is -2.44. The van der Waals surface area contributed by atoms with Gasteiger partial charge >= 0.3 is 0 Å². The number of nitrogens with zero attached hydrogens (tertiary/aromatic N) is 1. The first-order chi connectivity index (χ1) is 13.5. The second kappa shape index (κ2) is 9.45. The van der Waals surface area contributed by atoms with E-state index in [0.29, 0.717) is 29.4 Å². The van der Waals surface area contributed by atoms with E-state index < -0.39 is 6.04 Å². The fraction of sp³-hybridized carbons (Fsp3) is 0.333. The highest BCUT2D eigenvalue weighted by Gasteiger charge is 2.29. The van der Waals surface area contributed by atoms with Crippen molar-refractivity contribution in [2.75, 3.05) is 17.2 Å². The van der Waals surface area contributed by atoms with E-state index in [1.165, 1.54) is 11.8 Å². The number of thioether (sulfide) groups is 1. The number of carbonyl (C=O) groups is 2. The molecule has 0 aromatic heterocycles. The van der Waals surface area contributed by atoms with E-state index in [9.17, 15) is 9.59 Å². The van der Waals surface area contributed by atoms with E-state index in [1.54, 1.807) is 29.2 Å². The fourth-order valence-corrected chi connectivity index (χ4v) is 4.09. The number of carbonyl (C=O) groups excluding carboxylic acids is 2. The van der Waals surface area contributed by atoms with Crippen LogP contribution in [-0.2, 0) is 11.3 Å². The number of amides is 2. The number of nitrogens with two attached hydrogens (primary N) is 1. The number of hydrogen-bond acceptors (Lipinski definition) is 4. The van der Waals surface area contributed by atoms with Crippen molar-refractivity contribution in [1.82, 2.24) is 5.32 Å². The second-order valence-electron chi connectivity index (χ2n) is 6.76. The van der Waals surface area contributed by atoms with Crippen LogP contribution in [-0.4, -0.2) is 30.2 Å². The Morgan fingerprint density at radius 2 is 2.04 bits per heavy atom. The molecule has 2 aromatic rings. The highest BCUT2D eigenvalue weighted by atomic mass is 35.5. The van der Waals surface area contributed by atoms with Crippen LogP contribution in [0.2, 0.25) is 5.02 Å². The fourth-order valence-electron chi connectivity index (χ4n) is 2.98. The first-order valence-electron chi connectivity index (χ1n) is 9.36. The number of nitrogens with one attached hydrogen (secondary N) is 1. The van der Waals surface area contributed by atoms with Crippen LogP contribution in [0.1, 0.15) is 35.7 Å². The molecule has 1 heterocycles. The van der Waals surface area contributed by atoms with Crippen molar-refractivity contribution in [2.45, 2.75) is 37.2 Å². The molecule has 1 atom stereocenters. The van der Waals surface area contributed by atoms with Crippen molar-refractivity contribution in [3.05, 3.63) is 58.6 Å². The third-order valence-corrected chi connectivity index (χ3v) is 6.02. The highest BCUT2D eigenvalue weighted by molar-refractivity contribution is 7.99. The molecule has 0 fully saturated rings. The molecule has 3 rings (SSSR count). The smallest absolute Gasteiger partial charge is 0.251 e. The van der Waals surface area contributed by atoms with Gasteiger partial charge in [-0.05, 0) is 42.3 Å². The summed E-state index contributed by atoms with van der Waals surface area (Å²) in [7, 11) is 0. The zero-order valence-corrected chi connectivity index (χ0v) is 17.4. The van der Waals surface area contributed by atoms with Gasteiger partial charge in [0.25, 0.3) is 5.91 Å². The van der Waals surface area contributed by atoms with Crippen LogP contribution >= 0.6 is 23.4 Å². The molecule has 2 aromatic carbocycles. The molecule has 5 nitrogen and oxygen atoms in total. The van der Waals surface area contributed by atoms with E-state index in [1.807, 2.05) is 18.2 Å². The van der Waals surface area contributed by atoms with Gasteiger partial charge in [0.2, 0.25) is 5.91 Å². The maximum Gasteiger partial charge on any atom is 0.251 e. The molecule has 28 heavy (non-hydrogen) atoms. The third-order valence-electron chi connectivity index (χ3n) is 4.58. The standard InChI is InChI=1S/C21H24ClN3O2S/c1-2-3-10-24-20(26)15-6-9-19-18(11-15)25(21(27)17(23)13-28-19)12-14-4-7-16(22)8-5-14/h4-9,11,17H,2-3,10,12-13,23H2,1H3,(H,24,26)/t17-/m0/s1. The molecule has 3 N–H and O–H groups in total. The molecule has 0 saturated heterocycles. The van der Waals surface area contributed by atoms with Gasteiger partial charge < -0.3 is 16.0 Å². The minimum Gasteiger partial charge on any atom is -0.352 e. The largest absolute Gasteiger partial charge is 0.352 e. The normalized spacial score (nSPS) is 16.5. The van der Waals surface area contributed by atoms with Crippen molar-refractivity contribution in [2.24, 2.45) is 5.73 Å². The Balaban J connectivity index is 1.92. The molecule has 148 valence electrons. The van der Waals surface area contributed by atoms with E-state index in [2.05, 4.69) is 12.2 Å². The summed E-state index contributed by atoms with van der Waals surface area (Å²) in [6, 6.07) is 12.3. The van der Waals surface area contributed by atoms with Gasteiger partial charge in [0.15, 0.2) is 0 Å². The number of anilines is 1. The van der Waals surface area contributed by atoms with Crippen molar-refractivity contribution in [3.63, 3.8) is 0 Å². The monoisotopic (exact) mass is 417 g/mol. The molecule has 0 unspecified atom stereocenters. The lowest BCUT2D eigenvalue weighted by molar-refractivity contribution is -0.119. The topological polar surface area (TPSA) is 75.4 Å². The van der Waals surface area contributed by atoms with Gasteiger partial charge in [0.05, 0.1) is 18.3 Å². The lowest BCUT2D eigenvalue weighted by atomic mass is 10.1. The average molecular weight is 418 g/mol. The van der Waals surface area contributed by atoms with Crippen LogP contribution in [0.25, 0.3) is 0 Å². The lowest BCUT2D eigenvalue weighted by Gasteiger charge is -2.25. The molecule has 0 radical (unpaired) electrons. The summed E-state index contributed by atoms with van der Waals surface area (Å²) in [6.07, 6.45) is 1.95. The van der Waals surface area contributed by atoms with E-state index in [4.69, 9.17) is 17.3 Å². The molecule has 0 spiro atoms. The summed E-state index contributed by atoms with van der Waals surface area (Å²) in [6.45, 7) is 3.09. The van der Waals surface area contributed by atoms with Crippen LogP contribution < -0.4 is 16.0 Å². The molecule has 0 saturated carbocycles. The van der Waals surface area contributed by atoms with Gasteiger partial charge in [-0.2, -0.15) is 0 Å². The van der Waals surface area contributed by atoms with Gasteiger partial charge in [-0.3, -0.25) is 9.59 Å². The zero-order chi connectivity index (χ0) is 20.1. The summed E-state index contributed by atoms with van der Waals surface area (Å²) in [4.78, 5) is 28.0. The zero-order valence-electron chi connectivity index (χ0n) is 15.8. The maximum atomic E-state index is 12.9. The second-order valence-corrected chi connectivity index (χ2v) is 8.26. The molecule has 7 heteroatoms. The van der Waals surface area contributed by atoms with Crippen LogP contribution in [0.5, 0.6) is 0 Å². The van der Waals surface area contributed by atoms with Crippen LogP contribution in [0, 0.1) is 0 Å². The van der Waals surface area contributed by atoms with Gasteiger partial charge in [-0.25, -0.2) is 0 Å². The SMILES string of the molecule is CCCCNC(=O)c1ccc2c(c1)N(Cc1ccc(Cl)cc1)C(=O)[C@@H](N)CS2. The number of fused-ring (bicyclic) bond motifs is 1. The quantitative estimate of drug-likeness (QED) is 0.700. The number of hydrogen-bond donors (Lipinski definition) is 2. The molecular weight excluding hydrogens is 394 g/mol. The Morgan fingerprint density at radius 3 is 2.75 bits per heavy atom. The van der Waals surface area contributed by atoms with E-state index in [-0.39, 0.29) is 11.8 Å². The Hall–Kier alpha value is -2.02. The van der Waals surface area contributed by atoms with Gasteiger partial charge in [-0.1, -0.05) is 37.1 Å². The number of halogens is 1. The predicted octanol–water partition coefficient (Wildman–Crippen LogP) is 3.84. The highest BCUT2D eigenvalue weighted by Crippen LogP contribution is 2.36. The van der Waals surface area contributed by atoms with Crippen molar-refractivity contribution in [1.29, 1.82) is 0 Å². The van der Waals surface area contributed by atoms with Gasteiger partial charge in [-0.15, -0.1) is 11.8 Å². The molecule has 1 aliphatic heterocycles. The van der Waals surface area contributed by atoms with Crippen molar-refractivity contribution >= 4 is 40.9 Å². The summed E-state index contributed by atoms with van der Waals surface area (Å²) in [5, 5.41) is 3.57. The van der Waals surface area contributed by atoms with E-state index >= 15 is 0 Å². The number of benzene rings is 2. The molecule has 0 bridgehead atoms. The minimum absolute atomic E-state index is 0.131. The van der Waals surface area contributed by atoms with Crippen LogP contribution in [0.15, 0.2) is 47.4 Å². The Bertz CT molecular complexity index is 857. The summed E-state index contributed by atoms with van der Waals surface area (Å²) >= 11 is 7.51. The minimum atomic E-state index is -0.591. The summed E-state index contributed by atoms with van der Waals surface area (Å²) in [5.41, 5.74) is 8.30. The molecule has 0 aliphatic carbocycles. The Kier molecular flexibility index (Phi) is 6.99. The number of rotatable bonds is 6.